The van der Waals surface area contributed by atoms with E-state index in [-0.39, 0.29) is 0 Å². The number of aromatic nitrogens is 6. The Labute approximate surface area is 236 Å². The van der Waals surface area contributed by atoms with Gasteiger partial charge in [0, 0.05) is 17.8 Å². The van der Waals surface area contributed by atoms with Crippen molar-refractivity contribution in [2.75, 3.05) is 0 Å². The van der Waals surface area contributed by atoms with Crippen molar-refractivity contribution in [1.29, 1.82) is 0 Å². The summed E-state index contributed by atoms with van der Waals surface area (Å²) in [5.74, 6) is 0. The van der Waals surface area contributed by atoms with Gasteiger partial charge in [0.2, 0.25) is 0 Å². The second kappa shape index (κ2) is 9.70. The van der Waals surface area contributed by atoms with E-state index in [0.717, 1.165) is 55.6 Å². The molecule has 0 fully saturated rings. The third-order valence-electron chi connectivity index (χ3n) is 7.19. The SMILES string of the molecule is CC(C)(c1cccc(-c2ccn(-c3ccccc3)n2)n1)c1cc2ccsc2c(-c2ccn(-c3ccccc3)n2)n1. The predicted octanol–water partition coefficient (Wildman–Crippen LogP) is 7.72. The van der Waals surface area contributed by atoms with Crippen molar-refractivity contribution in [3.8, 4) is 34.2 Å². The smallest absolute Gasteiger partial charge is 0.113 e. The van der Waals surface area contributed by atoms with Crippen LogP contribution in [0, 0.1) is 0 Å². The normalized spacial score (nSPS) is 11.8. The Morgan fingerprint density at radius 1 is 0.600 bits per heavy atom. The number of benzene rings is 2. The number of hydrogen-bond acceptors (Lipinski definition) is 5. The minimum Gasteiger partial charge on any atom is -0.250 e. The Hall–Kier alpha value is -4.88. The third kappa shape index (κ3) is 4.30. The molecule has 5 aromatic heterocycles. The van der Waals surface area contributed by atoms with Crippen molar-refractivity contribution in [1.82, 2.24) is 29.5 Å². The molecule has 0 saturated heterocycles. The van der Waals surface area contributed by atoms with E-state index in [1.807, 2.05) is 107 Å². The summed E-state index contributed by atoms with van der Waals surface area (Å²) < 4.78 is 4.90. The quantitative estimate of drug-likeness (QED) is 0.217. The lowest BCUT2D eigenvalue weighted by atomic mass is 9.84. The van der Waals surface area contributed by atoms with Crippen LogP contribution in [0.3, 0.4) is 0 Å². The van der Waals surface area contributed by atoms with Crippen molar-refractivity contribution < 1.29 is 0 Å². The molecule has 194 valence electrons. The van der Waals surface area contributed by atoms with Crippen LogP contribution in [0.15, 0.2) is 121 Å². The molecule has 0 spiro atoms. The van der Waals surface area contributed by atoms with Gasteiger partial charge >= 0.3 is 0 Å². The first-order chi connectivity index (χ1) is 19.6. The Morgan fingerprint density at radius 2 is 1.25 bits per heavy atom. The van der Waals surface area contributed by atoms with Crippen LogP contribution in [-0.2, 0) is 5.41 Å². The fourth-order valence-corrected chi connectivity index (χ4v) is 5.76. The number of para-hydroxylation sites is 2. The van der Waals surface area contributed by atoms with E-state index in [1.165, 1.54) is 0 Å². The average Bonchev–Trinajstić information content (AvgIpc) is 3.79. The van der Waals surface area contributed by atoms with Gasteiger partial charge in [0.05, 0.1) is 33.2 Å². The maximum Gasteiger partial charge on any atom is 0.113 e. The van der Waals surface area contributed by atoms with Gasteiger partial charge in [-0.1, -0.05) is 42.5 Å². The molecule has 0 atom stereocenters. The lowest BCUT2D eigenvalue weighted by Crippen LogP contribution is -2.22. The van der Waals surface area contributed by atoms with Gasteiger partial charge in [0.1, 0.15) is 17.1 Å². The van der Waals surface area contributed by atoms with E-state index >= 15 is 0 Å². The topological polar surface area (TPSA) is 61.4 Å². The molecule has 7 aromatic rings. The molecule has 7 heteroatoms. The number of fused-ring (bicyclic) bond motifs is 1. The highest BCUT2D eigenvalue weighted by molar-refractivity contribution is 7.17. The van der Waals surface area contributed by atoms with E-state index in [9.17, 15) is 0 Å². The molecule has 0 aliphatic carbocycles. The van der Waals surface area contributed by atoms with Crippen LogP contribution in [0.1, 0.15) is 25.2 Å². The van der Waals surface area contributed by atoms with Gasteiger partial charge in [-0.05, 0) is 85.3 Å². The van der Waals surface area contributed by atoms with E-state index in [1.54, 1.807) is 11.3 Å². The fourth-order valence-electron chi connectivity index (χ4n) is 4.89. The minimum absolute atomic E-state index is 0.453. The summed E-state index contributed by atoms with van der Waals surface area (Å²) in [5, 5.41) is 13.0. The molecule has 40 heavy (non-hydrogen) atoms. The second-order valence-electron chi connectivity index (χ2n) is 10.2. The van der Waals surface area contributed by atoms with E-state index in [0.29, 0.717) is 0 Å². The maximum atomic E-state index is 5.22. The molecule has 7 rings (SSSR count). The zero-order valence-electron chi connectivity index (χ0n) is 22.1. The highest BCUT2D eigenvalue weighted by atomic mass is 32.1. The van der Waals surface area contributed by atoms with E-state index in [4.69, 9.17) is 20.2 Å². The van der Waals surface area contributed by atoms with Gasteiger partial charge in [0.15, 0.2) is 0 Å². The van der Waals surface area contributed by atoms with E-state index in [2.05, 4.69) is 37.4 Å². The molecule has 0 amide bonds. The summed E-state index contributed by atoms with van der Waals surface area (Å²) in [4.78, 5) is 10.3. The molecule has 0 radical (unpaired) electrons. The van der Waals surface area contributed by atoms with Gasteiger partial charge in [-0.15, -0.1) is 11.3 Å². The van der Waals surface area contributed by atoms with Crippen molar-refractivity contribution in [2.24, 2.45) is 0 Å². The van der Waals surface area contributed by atoms with Gasteiger partial charge in [-0.2, -0.15) is 10.2 Å². The second-order valence-corrected chi connectivity index (χ2v) is 11.1. The van der Waals surface area contributed by atoms with Gasteiger partial charge in [-0.25, -0.2) is 14.3 Å². The van der Waals surface area contributed by atoms with Crippen LogP contribution in [-0.4, -0.2) is 29.5 Å². The molecule has 0 N–H and O–H groups in total. The third-order valence-corrected chi connectivity index (χ3v) is 8.13. The van der Waals surface area contributed by atoms with Crippen molar-refractivity contribution in [3.63, 3.8) is 0 Å². The van der Waals surface area contributed by atoms with Crippen LogP contribution < -0.4 is 0 Å². The summed E-state index contributed by atoms with van der Waals surface area (Å²) in [6, 6.07) is 34.7. The molecule has 0 unspecified atom stereocenters. The number of thiophene rings is 1. The van der Waals surface area contributed by atoms with Gasteiger partial charge < -0.3 is 0 Å². The van der Waals surface area contributed by atoms with Crippen molar-refractivity contribution >= 4 is 21.4 Å². The summed E-state index contributed by atoms with van der Waals surface area (Å²) in [5.41, 5.74) is 6.86. The molecular formula is C33H26N6S. The molecule has 2 aromatic carbocycles. The van der Waals surface area contributed by atoms with Crippen LogP contribution in [0.5, 0.6) is 0 Å². The summed E-state index contributed by atoms with van der Waals surface area (Å²) in [6.07, 6.45) is 3.96. The maximum absolute atomic E-state index is 5.22. The van der Waals surface area contributed by atoms with Gasteiger partial charge in [0.25, 0.3) is 0 Å². The monoisotopic (exact) mass is 538 g/mol. The molecule has 5 heterocycles. The molecule has 0 aliphatic rings. The van der Waals surface area contributed by atoms with E-state index < -0.39 is 5.41 Å². The van der Waals surface area contributed by atoms with Crippen LogP contribution in [0.25, 0.3) is 44.2 Å². The molecular weight excluding hydrogens is 512 g/mol. The number of rotatable bonds is 6. The van der Waals surface area contributed by atoms with Crippen molar-refractivity contribution in [3.05, 3.63) is 132 Å². The molecule has 0 saturated carbocycles. The van der Waals surface area contributed by atoms with Crippen molar-refractivity contribution in [2.45, 2.75) is 19.3 Å². The molecule has 0 aliphatic heterocycles. The largest absolute Gasteiger partial charge is 0.250 e. The Bertz CT molecular complexity index is 1930. The first-order valence-electron chi connectivity index (χ1n) is 13.2. The Balaban J connectivity index is 1.27. The fraction of sp³-hybridized carbons (Fsp3) is 0.0909. The number of hydrogen-bond donors (Lipinski definition) is 0. The lowest BCUT2D eigenvalue weighted by Gasteiger charge is -2.25. The zero-order chi connectivity index (χ0) is 27.1. The first-order valence-corrected chi connectivity index (χ1v) is 14.0. The molecule has 0 bridgehead atoms. The highest BCUT2D eigenvalue weighted by Gasteiger charge is 2.29. The predicted molar refractivity (Wildman–Crippen MR) is 161 cm³/mol. The number of pyridine rings is 2. The van der Waals surface area contributed by atoms with Gasteiger partial charge in [-0.3, -0.25) is 4.98 Å². The summed E-state index contributed by atoms with van der Waals surface area (Å²) in [6.45, 7) is 4.35. The van der Waals surface area contributed by atoms with Crippen LogP contribution >= 0.6 is 11.3 Å². The first kappa shape index (κ1) is 24.2. The highest BCUT2D eigenvalue weighted by Crippen LogP contribution is 2.37. The Morgan fingerprint density at radius 3 is 1.95 bits per heavy atom. The summed E-state index contributed by atoms with van der Waals surface area (Å²) >= 11 is 1.69. The average molecular weight is 539 g/mol. The molecule has 6 nitrogen and oxygen atoms in total. The lowest BCUT2D eigenvalue weighted by molar-refractivity contribution is 0.598. The van der Waals surface area contributed by atoms with Crippen LogP contribution in [0.4, 0.5) is 0 Å². The standard InChI is InChI=1S/C33H26N6S/c1-33(2,29-15-9-14-26(34-29)27-16-19-38(36-27)24-10-5-3-6-11-24)30-22-23-18-21-40-32(23)31(35-30)28-17-20-39(37-28)25-12-7-4-8-13-25/h3-22H,1-2H3. The Kier molecular flexibility index (Phi) is 5.86. The number of nitrogens with zero attached hydrogens (tertiary/aromatic N) is 6. The minimum atomic E-state index is -0.453. The zero-order valence-corrected chi connectivity index (χ0v) is 23.0. The van der Waals surface area contributed by atoms with Crippen LogP contribution in [0.2, 0.25) is 0 Å². The summed E-state index contributed by atoms with van der Waals surface area (Å²) in [7, 11) is 0.